The molecule has 0 fully saturated rings. The zero-order valence-corrected chi connectivity index (χ0v) is 14.7. The van der Waals surface area contributed by atoms with Crippen LogP contribution in [0.3, 0.4) is 0 Å². The lowest BCUT2D eigenvalue weighted by Gasteiger charge is -2.42. The van der Waals surface area contributed by atoms with Crippen LogP contribution in [0, 0.1) is 5.92 Å². The van der Waals surface area contributed by atoms with E-state index in [1.165, 1.54) is 4.90 Å². The summed E-state index contributed by atoms with van der Waals surface area (Å²) >= 11 is 0. The lowest BCUT2D eigenvalue weighted by atomic mass is 9.76. The summed E-state index contributed by atoms with van der Waals surface area (Å²) in [6.45, 7) is 3.61. The Hall–Kier alpha value is -2.57. The summed E-state index contributed by atoms with van der Waals surface area (Å²) in [5, 5.41) is 22.2. The Morgan fingerprint density at radius 2 is 2.00 bits per heavy atom. The molecule has 7 heteroatoms. The van der Waals surface area contributed by atoms with E-state index >= 15 is 0 Å². The Morgan fingerprint density at radius 1 is 1.32 bits per heavy atom. The van der Waals surface area contributed by atoms with Crippen LogP contribution in [0.25, 0.3) is 0 Å². The maximum Gasteiger partial charge on any atom is 0.329 e. The molecule has 0 radical (unpaired) electrons. The third-order valence-electron chi connectivity index (χ3n) is 5.18. The molecule has 0 saturated carbocycles. The normalized spacial score (nSPS) is 16.9. The number of rotatable bonds is 8. The third kappa shape index (κ3) is 3.06. The van der Waals surface area contributed by atoms with Crippen molar-refractivity contribution in [3.63, 3.8) is 0 Å². The summed E-state index contributed by atoms with van der Waals surface area (Å²) in [4.78, 5) is 37.7. The molecule has 1 unspecified atom stereocenters. The lowest BCUT2D eigenvalue weighted by molar-refractivity contribution is -0.156. The number of hydrogen-bond acceptors (Lipinski definition) is 4. The topological polar surface area (TPSA) is 107 Å². The molecule has 3 N–H and O–H groups in total. The van der Waals surface area contributed by atoms with Gasteiger partial charge in [-0.25, -0.2) is 4.79 Å². The molecule has 0 aromatic heterocycles. The first-order valence-corrected chi connectivity index (χ1v) is 8.39. The SMILES string of the molecule is CCC(CC(=O)O)[C@](CC)(C(=O)O)N1Cc2cc(NC)ccc2C1=O. The summed E-state index contributed by atoms with van der Waals surface area (Å²) in [7, 11) is 1.77. The van der Waals surface area contributed by atoms with Crippen LogP contribution < -0.4 is 5.32 Å². The number of carboxylic acids is 2. The average molecular weight is 348 g/mol. The lowest BCUT2D eigenvalue weighted by Crippen LogP contribution is -2.59. The monoisotopic (exact) mass is 348 g/mol. The van der Waals surface area contributed by atoms with Gasteiger partial charge in [0.15, 0.2) is 0 Å². The van der Waals surface area contributed by atoms with Crippen LogP contribution in [0.5, 0.6) is 0 Å². The van der Waals surface area contributed by atoms with Gasteiger partial charge in [0.05, 0.1) is 6.42 Å². The summed E-state index contributed by atoms with van der Waals surface area (Å²) in [5.74, 6) is -3.24. The Kier molecular flexibility index (Phi) is 5.35. The summed E-state index contributed by atoms with van der Waals surface area (Å²) in [6.07, 6.45) is 0.208. The quantitative estimate of drug-likeness (QED) is 0.666. The molecule has 2 atom stereocenters. The molecule has 0 saturated heterocycles. The van der Waals surface area contributed by atoms with Gasteiger partial charge in [-0.15, -0.1) is 0 Å². The highest BCUT2D eigenvalue weighted by Crippen LogP contribution is 2.40. The second-order valence-corrected chi connectivity index (χ2v) is 6.30. The van der Waals surface area contributed by atoms with Crippen molar-refractivity contribution >= 4 is 23.5 Å². The van der Waals surface area contributed by atoms with Crippen molar-refractivity contribution in [2.24, 2.45) is 5.92 Å². The van der Waals surface area contributed by atoms with Crippen molar-refractivity contribution in [1.29, 1.82) is 0 Å². The number of aliphatic carboxylic acids is 2. The molecule has 1 heterocycles. The number of anilines is 1. The van der Waals surface area contributed by atoms with E-state index in [9.17, 15) is 24.6 Å². The van der Waals surface area contributed by atoms with E-state index in [2.05, 4.69) is 5.32 Å². The van der Waals surface area contributed by atoms with Crippen molar-refractivity contribution in [1.82, 2.24) is 4.90 Å². The van der Waals surface area contributed by atoms with E-state index in [1.54, 1.807) is 33.0 Å². The number of fused-ring (bicyclic) bond motifs is 1. The van der Waals surface area contributed by atoms with Crippen LogP contribution in [-0.4, -0.2) is 45.5 Å². The molecule has 1 amide bonds. The first kappa shape index (κ1) is 18.8. The van der Waals surface area contributed by atoms with Crippen LogP contribution in [0.4, 0.5) is 5.69 Å². The Bertz CT molecular complexity index is 703. The smallest absolute Gasteiger partial charge is 0.329 e. The van der Waals surface area contributed by atoms with Crippen molar-refractivity contribution < 1.29 is 24.6 Å². The summed E-state index contributed by atoms with van der Waals surface area (Å²) < 4.78 is 0. The molecule has 2 rings (SSSR count). The fourth-order valence-electron chi connectivity index (χ4n) is 3.80. The Morgan fingerprint density at radius 3 is 2.48 bits per heavy atom. The molecular weight excluding hydrogens is 324 g/mol. The maximum atomic E-state index is 12.9. The van der Waals surface area contributed by atoms with E-state index in [4.69, 9.17) is 0 Å². The molecule has 25 heavy (non-hydrogen) atoms. The standard InChI is InChI=1S/C18H24N2O5/c1-4-12(9-15(21)22)18(5-2,17(24)25)20-10-11-8-13(19-3)6-7-14(11)16(20)23/h6-8,12,19H,4-5,9-10H2,1-3H3,(H,21,22)(H,24,25)/t12?,18-/m1/s1. The molecule has 1 aromatic carbocycles. The number of nitrogens with zero attached hydrogens (tertiary/aromatic N) is 1. The zero-order chi connectivity index (χ0) is 18.8. The molecule has 0 aliphatic carbocycles. The number of benzene rings is 1. The minimum absolute atomic E-state index is 0.146. The van der Waals surface area contributed by atoms with Gasteiger partial charge in [-0.3, -0.25) is 9.59 Å². The van der Waals surface area contributed by atoms with E-state index in [1.807, 2.05) is 6.07 Å². The fraction of sp³-hybridized carbons (Fsp3) is 0.500. The van der Waals surface area contributed by atoms with Crippen LogP contribution >= 0.6 is 0 Å². The minimum atomic E-state index is -1.54. The van der Waals surface area contributed by atoms with Gasteiger partial charge in [0.1, 0.15) is 5.54 Å². The van der Waals surface area contributed by atoms with E-state index in [0.717, 1.165) is 11.3 Å². The minimum Gasteiger partial charge on any atom is -0.481 e. The molecule has 136 valence electrons. The van der Waals surface area contributed by atoms with Gasteiger partial charge in [0, 0.05) is 30.8 Å². The second kappa shape index (κ2) is 7.13. The van der Waals surface area contributed by atoms with Crippen molar-refractivity contribution in [3.05, 3.63) is 29.3 Å². The van der Waals surface area contributed by atoms with Gasteiger partial charge in [-0.05, 0) is 36.6 Å². The highest BCUT2D eigenvalue weighted by molar-refractivity contribution is 6.02. The number of hydrogen-bond donors (Lipinski definition) is 3. The van der Waals surface area contributed by atoms with Gasteiger partial charge >= 0.3 is 11.9 Å². The highest BCUT2D eigenvalue weighted by Gasteiger charge is 2.53. The number of amides is 1. The van der Waals surface area contributed by atoms with Gasteiger partial charge in [0.25, 0.3) is 5.91 Å². The third-order valence-corrected chi connectivity index (χ3v) is 5.18. The zero-order valence-electron chi connectivity index (χ0n) is 14.7. The number of carboxylic acid groups (broad SMARTS) is 2. The number of nitrogens with one attached hydrogen (secondary N) is 1. The molecule has 0 bridgehead atoms. The van der Waals surface area contributed by atoms with E-state index in [0.29, 0.717) is 12.0 Å². The molecule has 7 nitrogen and oxygen atoms in total. The Balaban J connectivity index is 2.51. The largest absolute Gasteiger partial charge is 0.481 e. The van der Waals surface area contributed by atoms with Gasteiger partial charge in [-0.2, -0.15) is 0 Å². The molecule has 0 spiro atoms. The first-order valence-electron chi connectivity index (χ1n) is 8.39. The molecule has 1 aliphatic rings. The van der Waals surface area contributed by atoms with E-state index in [-0.39, 0.29) is 25.3 Å². The maximum absolute atomic E-state index is 12.9. The van der Waals surface area contributed by atoms with Gasteiger partial charge in [0.2, 0.25) is 0 Å². The van der Waals surface area contributed by atoms with Crippen molar-refractivity contribution in [3.8, 4) is 0 Å². The second-order valence-electron chi connectivity index (χ2n) is 6.30. The summed E-state index contributed by atoms with van der Waals surface area (Å²) in [5.41, 5.74) is 0.524. The number of carbonyl (C=O) groups excluding carboxylic acids is 1. The highest BCUT2D eigenvalue weighted by atomic mass is 16.4. The van der Waals surface area contributed by atoms with E-state index < -0.39 is 23.4 Å². The van der Waals surface area contributed by atoms with Crippen LogP contribution in [0.2, 0.25) is 0 Å². The van der Waals surface area contributed by atoms with Crippen LogP contribution in [0.15, 0.2) is 18.2 Å². The number of carbonyl (C=O) groups is 3. The first-order chi connectivity index (χ1) is 11.8. The summed E-state index contributed by atoms with van der Waals surface area (Å²) in [6, 6.07) is 5.28. The predicted octanol–water partition coefficient (Wildman–Crippen LogP) is 2.42. The predicted molar refractivity (Wildman–Crippen MR) is 92.6 cm³/mol. The fourth-order valence-corrected chi connectivity index (χ4v) is 3.80. The van der Waals surface area contributed by atoms with Gasteiger partial charge < -0.3 is 20.4 Å². The molecular formula is C18H24N2O5. The Labute approximate surface area is 146 Å². The molecule has 1 aliphatic heterocycles. The van der Waals surface area contributed by atoms with Crippen LogP contribution in [-0.2, 0) is 16.1 Å². The molecule has 1 aromatic rings. The average Bonchev–Trinajstić information content (AvgIpc) is 2.91. The van der Waals surface area contributed by atoms with Crippen molar-refractivity contribution in [2.75, 3.05) is 12.4 Å². The van der Waals surface area contributed by atoms with Crippen molar-refractivity contribution in [2.45, 2.75) is 45.2 Å². The van der Waals surface area contributed by atoms with Gasteiger partial charge in [-0.1, -0.05) is 13.8 Å². The van der Waals surface area contributed by atoms with Crippen LogP contribution in [0.1, 0.15) is 49.0 Å².